The van der Waals surface area contributed by atoms with Gasteiger partial charge in [0.15, 0.2) is 17.2 Å². The van der Waals surface area contributed by atoms with Gasteiger partial charge >= 0.3 is 11.9 Å². The number of pyridine rings is 2. The zero-order valence-corrected chi connectivity index (χ0v) is 24.7. The monoisotopic (exact) mass is 632 g/mol. The van der Waals surface area contributed by atoms with E-state index in [9.17, 15) is 29.1 Å². The van der Waals surface area contributed by atoms with Gasteiger partial charge in [0.1, 0.15) is 0 Å². The van der Waals surface area contributed by atoms with Gasteiger partial charge in [-0.1, -0.05) is 18.2 Å². The van der Waals surface area contributed by atoms with Crippen molar-refractivity contribution in [2.24, 2.45) is 5.10 Å². The fourth-order valence-corrected chi connectivity index (χ4v) is 5.24. The maximum absolute atomic E-state index is 13.2. The molecule has 0 fully saturated rings. The number of carbonyl (C=O) groups excluding carboxylic acids is 1. The zero-order chi connectivity index (χ0) is 33.6. The molecule has 3 aromatic rings. The second kappa shape index (κ2) is 11.6. The highest BCUT2D eigenvalue weighted by atomic mass is 16.4. The minimum atomic E-state index is -1.10. The molecule has 0 unspecified atom stereocenters. The summed E-state index contributed by atoms with van der Waals surface area (Å²) in [5, 5.41) is 38.7. The number of aromatic nitrogens is 4. The number of anilines is 1. The summed E-state index contributed by atoms with van der Waals surface area (Å²) in [4.78, 5) is 66.9. The van der Waals surface area contributed by atoms with Crippen LogP contribution in [-0.2, 0) is 0 Å². The van der Waals surface area contributed by atoms with E-state index < -0.39 is 29.0 Å². The fraction of sp³-hybridized carbons (Fsp3) is 0.0606. The van der Waals surface area contributed by atoms with Crippen LogP contribution >= 0.6 is 0 Å². The van der Waals surface area contributed by atoms with Gasteiger partial charge in [-0.15, -0.1) is 10.2 Å². The molecule has 0 saturated heterocycles. The zero-order valence-electron chi connectivity index (χ0n) is 24.7. The number of nitrogens with zero attached hydrogens (tertiary/aromatic N) is 4. The Morgan fingerprint density at radius 1 is 0.787 bits per heavy atom. The number of H-pyrrole nitrogens is 2. The molecule has 0 bridgehead atoms. The van der Waals surface area contributed by atoms with Crippen LogP contribution in [-0.4, -0.2) is 52.9 Å². The summed E-state index contributed by atoms with van der Waals surface area (Å²) in [5.74, 6) is -2.77. The highest BCUT2D eigenvalue weighted by Crippen LogP contribution is 2.30. The molecule has 0 atom stereocenters. The van der Waals surface area contributed by atoms with Crippen LogP contribution in [0.5, 0.6) is 5.88 Å². The quantitative estimate of drug-likeness (QED) is 0.166. The highest BCUT2D eigenvalue weighted by Gasteiger charge is 2.28. The van der Waals surface area contributed by atoms with Crippen molar-refractivity contribution in [3.05, 3.63) is 132 Å². The molecule has 6 rings (SSSR count). The Balaban J connectivity index is 1.26. The molecule has 5 N–H and O–H groups in total. The Hall–Kier alpha value is -6.83. The Morgan fingerprint density at radius 2 is 1.40 bits per heavy atom. The average Bonchev–Trinajstić information content (AvgIpc) is 3.55. The number of aromatic hydroxyl groups is 1. The van der Waals surface area contributed by atoms with E-state index in [1.165, 1.54) is 54.6 Å². The van der Waals surface area contributed by atoms with Crippen molar-refractivity contribution in [1.82, 2.24) is 19.7 Å². The summed E-state index contributed by atoms with van der Waals surface area (Å²) in [7, 11) is 0. The van der Waals surface area contributed by atoms with Crippen molar-refractivity contribution >= 4 is 35.7 Å². The number of allylic oxidation sites excluding steroid dienone is 3. The normalized spacial score (nSPS) is 13.2. The second-order valence-electron chi connectivity index (χ2n) is 10.5. The Bertz CT molecular complexity index is 2400. The summed E-state index contributed by atoms with van der Waals surface area (Å²) >= 11 is 0. The third kappa shape index (κ3) is 5.29. The van der Waals surface area contributed by atoms with Crippen molar-refractivity contribution in [2.45, 2.75) is 13.8 Å². The van der Waals surface area contributed by atoms with Crippen LogP contribution in [0.1, 0.15) is 47.8 Å². The van der Waals surface area contributed by atoms with E-state index in [2.05, 4.69) is 20.2 Å². The Kier molecular flexibility index (Phi) is 7.45. The molecule has 3 aliphatic rings. The number of hydrogen-bond acceptors (Lipinski definition) is 8. The third-order valence-corrected chi connectivity index (χ3v) is 7.68. The van der Waals surface area contributed by atoms with E-state index in [0.717, 1.165) is 9.69 Å². The van der Waals surface area contributed by atoms with E-state index >= 15 is 0 Å². The van der Waals surface area contributed by atoms with Crippen molar-refractivity contribution in [1.29, 1.82) is 0 Å². The first-order chi connectivity index (χ1) is 22.5. The average molecular weight is 633 g/mol. The van der Waals surface area contributed by atoms with Gasteiger partial charge < -0.3 is 25.3 Å². The van der Waals surface area contributed by atoms with Gasteiger partial charge in [-0.3, -0.25) is 14.4 Å². The van der Waals surface area contributed by atoms with E-state index in [1.54, 1.807) is 38.2 Å². The molecular weight excluding hydrogens is 608 g/mol. The largest absolute Gasteiger partial charge is 0.494 e. The van der Waals surface area contributed by atoms with Gasteiger partial charge in [0, 0.05) is 10.8 Å². The third-order valence-electron chi connectivity index (χ3n) is 7.68. The van der Waals surface area contributed by atoms with Crippen LogP contribution in [0.3, 0.4) is 0 Å². The SMILES string of the molecule is Cc1c(C=CC=CC=c2c(C)c3c([nH]c2=O)=NN(c2ccc(C(=O)O)cc2)C3=O)c(O)[nH]c2nn(-c3ccc(C(=O)O)cc3)c(=O)c1-2. The summed E-state index contributed by atoms with van der Waals surface area (Å²) in [5.41, 5.74) is 1.61. The van der Waals surface area contributed by atoms with Crippen molar-refractivity contribution in [3.63, 3.8) is 0 Å². The lowest BCUT2D eigenvalue weighted by Crippen LogP contribution is -2.38. The molecule has 0 radical (unpaired) electrons. The van der Waals surface area contributed by atoms with E-state index in [4.69, 9.17) is 10.2 Å². The first kappa shape index (κ1) is 30.2. The van der Waals surface area contributed by atoms with Crippen molar-refractivity contribution < 1.29 is 29.7 Å². The van der Waals surface area contributed by atoms with Crippen LogP contribution < -0.4 is 26.8 Å². The van der Waals surface area contributed by atoms with Gasteiger partial charge in [0.05, 0.1) is 33.6 Å². The molecule has 0 aliphatic carbocycles. The Labute approximate surface area is 263 Å². The van der Waals surface area contributed by atoms with Gasteiger partial charge in [-0.25, -0.2) is 9.59 Å². The van der Waals surface area contributed by atoms with Crippen molar-refractivity contribution in [3.8, 4) is 23.0 Å². The molecule has 14 heteroatoms. The molecule has 2 aromatic carbocycles. The first-order valence-electron chi connectivity index (χ1n) is 14.0. The van der Waals surface area contributed by atoms with Crippen LogP contribution in [0.4, 0.5) is 5.69 Å². The minimum Gasteiger partial charge on any atom is -0.494 e. The second-order valence-corrected chi connectivity index (χ2v) is 10.5. The number of hydrogen-bond donors (Lipinski definition) is 5. The number of carbonyl (C=O) groups is 3. The smallest absolute Gasteiger partial charge is 0.335 e. The predicted octanol–water partition coefficient (Wildman–Crippen LogP) is 2.32. The van der Waals surface area contributed by atoms with Gasteiger partial charge in [0.2, 0.25) is 0 Å². The van der Waals surface area contributed by atoms with E-state index in [1.807, 2.05) is 0 Å². The van der Waals surface area contributed by atoms with Crippen molar-refractivity contribution in [2.75, 3.05) is 5.01 Å². The first-order valence-corrected chi connectivity index (χ1v) is 14.0. The molecule has 4 heterocycles. The number of nitrogens with one attached hydrogen (secondary N) is 2. The standard InChI is InChI=1S/C33H24N6O8/c1-16-22(28(40)34-26-24(16)30(42)38(36-26)20-12-8-18(9-13-20)32(44)45)6-4-3-5-7-23-17(2)25-27(35-29(23)41)37-39(31(25)43)21-14-10-19(11-15-21)33(46)47/h3-15H,1-2H3,(H,44,45)(H,46,47)(H,34,36,40)(H2,35,37,41). The number of amides is 1. The molecule has 1 amide bonds. The van der Waals surface area contributed by atoms with E-state index in [-0.39, 0.29) is 44.7 Å². The molecule has 0 spiro atoms. The number of aromatic carboxylic acids is 2. The number of rotatable bonds is 7. The summed E-state index contributed by atoms with van der Waals surface area (Å²) in [6.45, 7) is 3.29. The molecule has 14 nitrogen and oxygen atoms in total. The number of carboxylic acid groups (broad SMARTS) is 2. The lowest BCUT2D eigenvalue weighted by Gasteiger charge is -2.12. The molecular formula is C33H24N6O8. The molecule has 234 valence electrons. The molecule has 47 heavy (non-hydrogen) atoms. The number of carboxylic acids is 2. The summed E-state index contributed by atoms with van der Waals surface area (Å²) in [6.07, 6.45) is 7.86. The predicted molar refractivity (Wildman–Crippen MR) is 170 cm³/mol. The lowest BCUT2D eigenvalue weighted by molar-refractivity contribution is 0.0686. The van der Waals surface area contributed by atoms with Gasteiger partial charge in [-0.05, 0) is 85.7 Å². The topological polar surface area (TPSA) is 211 Å². The van der Waals surface area contributed by atoms with Gasteiger partial charge in [0.25, 0.3) is 17.0 Å². The van der Waals surface area contributed by atoms with Gasteiger partial charge in [-0.2, -0.15) is 9.69 Å². The number of fused-ring (bicyclic) bond motifs is 2. The maximum atomic E-state index is 13.2. The van der Waals surface area contributed by atoms with Crippen LogP contribution in [0.15, 0.2) is 81.4 Å². The van der Waals surface area contributed by atoms with Crippen LogP contribution in [0.25, 0.3) is 29.2 Å². The highest BCUT2D eigenvalue weighted by molar-refractivity contribution is 6.08. The number of benzene rings is 2. The lowest BCUT2D eigenvalue weighted by atomic mass is 10.0. The fourth-order valence-electron chi connectivity index (χ4n) is 5.24. The number of aromatic amines is 2. The Morgan fingerprint density at radius 3 is 2.02 bits per heavy atom. The summed E-state index contributed by atoms with van der Waals surface area (Å²) in [6, 6.07) is 11.3. The minimum absolute atomic E-state index is 0.0533. The maximum Gasteiger partial charge on any atom is 0.335 e. The molecule has 1 aromatic heterocycles. The molecule has 3 aliphatic heterocycles. The molecule has 0 saturated carbocycles. The van der Waals surface area contributed by atoms with Crippen LogP contribution in [0, 0.1) is 13.8 Å². The summed E-state index contributed by atoms with van der Waals surface area (Å²) < 4.78 is 1.12. The van der Waals surface area contributed by atoms with Crippen LogP contribution in [0.2, 0.25) is 0 Å². The van der Waals surface area contributed by atoms with E-state index in [0.29, 0.717) is 28.1 Å².